The number of carbonyl (C=O) groups is 1. The van der Waals surface area contributed by atoms with Crippen LogP contribution in [0.2, 0.25) is 0 Å². The van der Waals surface area contributed by atoms with E-state index in [9.17, 15) is 9.90 Å². The predicted octanol–water partition coefficient (Wildman–Crippen LogP) is 2.55. The quantitative estimate of drug-likeness (QED) is 0.723. The zero-order valence-corrected chi connectivity index (χ0v) is 13.4. The van der Waals surface area contributed by atoms with Gasteiger partial charge in [-0.2, -0.15) is 0 Å². The summed E-state index contributed by atoms with van der Waals surface area (Å²) in [5.74, 6) is 0.227. The fraction of sp³-hybridized carbons (Fsp3) is 0.625. The van der Waals surface area contributed by atoms with Gasteiger partial charge < -0.3 is 15.7 Å². The average Bonchev–Trinajstić information content (AvgIpc) is 2.43. The maximum absolute atomic E-state index is 12.0. The Labute approximate surface area is 127 Å². The molecular formula is C16H27N3O2. The molecule has 0 aliphatic carbocycles. The molecule has 1 aromatic rings. The first kappa shape index (κ1) is 17.4. The number of aliphatic hydroxyl groups excluding tert-OH is 1. The maximum atomic E-state index is 12.0. The van der Waals surface area contributed by atoms with Crippen LogP contribution in [0.5, 0.6) is 0 Å². The predicted molar refractivity (Wildman–Crippen MR) is 84.0 cm³/mol. The lowest BCUT2D eigenvalue weighted by molar-refractivity contribution is 0.159. The zero-order valence-electron chi connectivity index (χ0n) is 13.4. The van der Waals surface area contributed by atoms with Gasteiger partial charge in [-0.25, -0.2) is 4.79 Å². The second-order valence-electron chi connectivity index (χ2n) is 5.72. The van der Waals surface area contributed by atoms with Gasteiger partial charge in [-0.05, 0) is 30.9 Å². The van der Waals surface area contributed by atoms with Crippen LogP contribution in [0, 0.1) is 12.8 Å². The Kier molecular flexibility index (Phi) is 7.15. The molecule has 0 radical (unpaired) electrons. The number of hydrogen-bond donors (Lipinski definition) is 3. The SMILES string of the molecule is CCCC(O)CNC(=O)NC(c1ncccc1C)C(C)C. The van der Waals surface area contributed by atoms with E-state index in [4.69, 9.17) is 0 Å². The monoisotopic (exact) mass is 293 g/mol. The molecule has 0 bridgehead atoms. The zero-order chi connectivity index (χ0) is 15.8. The molecule has 0 aliphatic heterocycles. The minimum Gasteiger partial charge on any atom is -0.391 e. The number of aliphatic hydroxyl groups is 1. The van der Waals surface area contributed by atoms with E-state index in [1.54, 1.807) is 6.20 Å². The van der Waals surface area contributed by atoms with Crippen molar-refractivity contribution in [1.82, 2.24) is 15.6 Å². The summed E-state index contributed by atoms with van der Waals surface area (Å²) in [7, 11) is 0. The molecule has 1 heterocycles. The van der Waals surface area contributed by atoms with E-state index in [2.05, 4.69) is 15.6 Å². The number of aryl methyl sites for hydroxylation is 1. The summed E-state index contributed by atoms with van der Waals surface area (Å²) >= 11 is 0. The summed E-state index contributed by atoms with van der Waals surface area (Å²) in [6.07, 6.45) is 2.83. The summed E-state index contributed by atoms with van der Waals surface area (Å²) < 4.78 is 0. The van der Waals surface area contributed by atoms with Crippen molar-refractivity contribution in [2.45, 2.75) is 52.7 Å². The van der Waals surface area contributed by atoms with E-state index < -0.39 is 6.10 Å². The van der Waals surface area contributed by atoms with Crippen molar-refractivity contribution < 1.29 is 9.90 Å². The van der Waals surface area contributed by atoms with Gasteiger partial charge in [0.1, 0.15) is 0 Å². The van der Waals surface area contributed by atoms with Gasteiger partial charge in [-0.3, -0.25) is 4.98 Å². The molecule has 0 fully saturated rings. The van der Waals surface area contributed by atoms with Crippen molar-refractivity contribution in [3.05, 3.63) is 29.6 Å². The molecule has 1 aromatic heterocycles. The second kappa shape index (κ2) is 8.62. The summed E-state index contributed by atoms with van der Waals surface area (Å²) in [5, 5.41) is 15.3. The summed E-state index contributed by atoms with van der Waals surface area (Å²) in [5.41, 5.74) is 1.94. The molecule has 0 saturated carbocycles. The van der Waals surface area contributed by atoms with Crippen molar-refractivity contribution in [2.24, 2.45) is 5.92 Å². The van der Waals surface area contributed by atoms with Gasteiger partial charge in [-0.1, -0.05) is 33.3 Å². The van der Waals surface area contributed by atoms with Crippen LogP contribution >= 0.6 is 0 Å². The third-order valence-electron chi connectivity index (χ3n) is 3.42. The molecule has 2 atom stereocenters. The standard InChI is InChI=1S/C16H27N3O2/c1-5-7-13(20)10-18-16(21)19-14(11(2)3)15-12(4)8-6-9-17-15/h6,8-9,11,13-14,20H,5,7,10H2,1-4H3,(H2,18,19,21). The van der Waals surface area contributed by atoms with E-state index in [0.717, 1.165) is 17.7 Å². The Morgan fingerprint density at radius 3 is 2.71 bits per heavy atom. The number of carbonyl (C=O) groups excluding carboxylic acids is 1. The highest BCUT2D eigenvalue weighted by molar-refractivity contribution is 5.74. The van der Waals surface area contributed by atoms with Gasteiger partial charge in [0.25, 0.3) is 0 Å². The Morgan fingerprint density at radius 1 is 1.43 bits per heavy atom. The highest BCUT2D eigenvalue weighted by atomic mass is 16.3. The Hall–Kier alpha value is -1.62. The highest BCUT2D eigenvalue weighted by Crippen LogP contribution is 2.22. The molecule has 2 unspecified atom stereocenters. The van der Waals surface area contributed by atoms with Crippen LogP contribution in [0.1, 0.15) is 50.9 Å². The second-order valence-corrected chi connectivity index (χ2v) is 5.72. The molecular weight excluding hydrogens is 266 g/mol. The molecule has 3 N–H and O–H groups in total. The Morgan fingerprint density at radius 2 is 2.14 bits per heavy atom. The van der Waals surface area contributed by atoms with Crippen LogP contribution in [0.25, 0.3) is 0 Å². The Balaban J connectivity index is 2.63. The minimum absolute atomic E-state index is 0.144. The van der Waals surface area contributed by atoms with Crippen molar-refractivity contribution in [3.8, 4) is 0 Å². The van der Waals surface area contributed by atoms with Crippen molar-refractivity contribution in [1.29, 1.82) is 0 Å². The summed E-state index contributed by atoms with van der Waals surface area (Å²) in [4.78, 5) is 16.4. The molecule has 0 spiro atoms. The number of amides is 2. The van der Waals surface area contributed by atoms with Crippen LogP contribution in [0.3, 0.4) is 0 Å². The first-order valence-corrected chi connectivity index (χ1v) is 7.59. The van der Waals surface area contributed by atoms with Crippen LogP contribution in [0.4, 0.5) is 4.79 Å². The van der Waals surface area contributed by atoms with Crippen molar-refractivity contribution >= 4 is 6.03 Å². The van der Waals surface area contributed by atoms with Gasteiger partial charge >= 0.3 is 6.03 Å². The number of nitrogens with zero attached hydrogens (tertiary/aromatic N) is 1. The van der Waals surface area contributed by atoms with E-state index in [1.807, 2.05) is 39.8 Å². The maximum Gasteiger partial charge on any atom is 0.315 e. The van der Waals surface area contributed by atoms with Crippen molar-refractivity contribution in [2.75, 3.05) is 6.54 Å². The number of rotatable bonds is 7. The molecule has 1 rings (SSSR count). The fourth-order valence-corrected chi connectivity index (χ4v) is 2.21. The largest absolute Gasteiger partial charge is 0.391 e. The number of nitrogens with one attached hydrogen (secondary N) is 2. The van der Waals surface area contributed by atoms with Crippen LogP contribution in [-0.2, 0) is 0 Å². The molecule has 2 amide bonds. The summed E-state index contributed by atoms with van der Waals surface area (Å²) in [6, 6.07) is 3.46. The molecule has 118 valence electrons. The van der Waals surface area contributed by atoms with Gasteiger partial charge in [0, 0.05) is 12.7 Å². The van der Waals surface area contributed by atoms with Gasteiger partial charge in [0.2, 0.25) is 0 Å². The number of hydrogen-bond acceptors (Lipinski definition) is 3. The average molecular weight is 293 g/mol. The minimum atomic E-state index is -0.491. The lowest BCUT2D eigenvalue weighted by Crippen LogP contribution is -2.43. The van der Waals surface area contributed by atoms with Crippen LogP contribution in [-0.4, -0.2) is 28.8 Å². The third-order valence-corrected chi connectivity index (χ3v) is 3.42. The van der Waals surface area contributed by atoms with Gasteiger partial charge in [-0.15, -0.1) is 0 Å². The lowest BCUT2D eigenvalue weighted by Gasteiger charge is -2.24. The van der Waals surface area contributed by atoms with E-state index in [1.165, 1.54) is 0 Å². The first-order valence-electron chi connectivity index (χ1n) is 7.59. The smallest absolute Gasteiger partial charge is 0.315 e. The first-order chi connectivity index (χ1) is 9.95. The van der Waals surface area contributed by atoms with E-state index in [0.29, 0.717) is 6.42 Å². The lowest BCUT2D eigenvalue weighted by atomic mass is 9.97. The number of aromatic nitrogens is 1. The molecule has 5 nitrogen and oxygen atoms in total. The van der Waals surface area contributed by atoms with Gasteiger partial charge in [0.15, 0.2) is 0 Å². The topological polar surface area (TPSA) is 74.2 Å². The highest BCUT2D eigenvalue weighted by Gasteiger charge is 2.21. The Bertz CT molecular complexity index is 449. The van der Waals surface area contributed by atoms with E-state index in [-0.39, 0.29) is 24.5 Å². The van der Waals surface area contributed by atoms with Crippen LogP contribution in [0.15, 0.2) is 18.3 Å². The third kappa shape index (κ3) is 5.71. The number of urea groups is 1. The molecule has 0 aliphatic rings. The molecule has 0 saturated heterocycles. The summed E-state index contributed by atoms with van der Waals surface area (Å²) in [6.45, 7) is 8.35. The molecule has 0 aromatic carbocycles. The molecule has 5 heteroatoms. The van der Waals surface area contributed by atoms with Gasteiger partial charge in [0.05, 0.1) is 17.8 Å². The normalized spacial score (nSPS) is 13.8. The van der Waals surface area contributed by atoms with E-state index >= 15 is 0 Å². The van der Waals surface area contributed by atoms with Crippen LogP contribution < -0.4 is 10.6 Å². The van der Waals surface area contributed by atoms with Crippen molar-refractivity contribution in [3.63, 3.8) is 0 Å². The number of pyridine rings is 1. The molecule has 21 heavy (non-hydrogen) atoms. The fourth-order valence-electron chi connectivity index (χ4n) is 2.21.